The van der Waals surface area contributed by atoms with E-state index >= 15 is 0 Å². The molecular weight excluding hydrogens is 598 g/mol. The number of carbonyl (C=O) groups is 1. The summed E-state index contributed by atoms with van der Waals surface area (Å²) in [5, 5.41) is 6.96. The third kappa shape index (κ3) is 9.69. The fourth-order valence-electron chi connectivity index (χ4n) is 7.83. The smallest absolute Gasteiger partial charge is 0.237 e. The summed E-state index contributed by atoms with van der Waals surface area (Å²) in [5.41, 5.74) is 8.56. The molecule has 3 heterocycles. The molecule has 3 aliphatic rings. The molecule has 3 fully saturated rings. The van der Waals surface area contributed by atoms with Gasteiger partial charge in [-0.3, -0.25) is 9.69 Å². The monoisotopic (exact) mass is 653 g/mol. The lowest BCUT2D eigenvalue weighted by Crippen LogP contribution is -2.56. The summed E-state index contributed by atoms with van der Waals surface area (Å²) in [6, 6.07) is 20.6. The number of nitrogens with two attached hydrogens (primary N) is 1. The predicted octanol–water partition coefficient (Wildman–Crippen LogP) is 6.09. The molecular formula is C39H55N7O2. The zero-order valence-corrected chi connectivity index (χ0v) is 28.6. The second-order valence-corrected chi connectivity index (χ2v) is 13.9. The van der Waals surface area contributed by atoms with E-state index in [0.29, 0.717) is 31.7 Å². The standard InChI is InChI=1S/C39H55N7O2/c40-34(28-30-17-19-33(20-18-30)48-29-31-12-5-3-6-13-31)38(47)41-23-21-36-35(16-11-27-46(36)32-14-7-4-8-15-32)43-39-42-24-22-37(44-39)45-25-9-1-2-10-26-45/h3,5-6,12-13,17-20,22,24,32,34-36H,1-2,4,7-11,14-16,21,23,25-29,40H2,(H,41,47)(H,42,43,44)/t34-,35?,36?/m1/s1. The predicted molar refractivity (Wildman–Crippen MR) is 193 cm³/mol. The maximum atomic E-state index is 13.2. The van der Waals surface area contributed by atoms with Gasteiger partial charge in [0.2, 0.25) is 11.9 Å². The second kappa shape index (κ2) is 17.6. The highest BCUT2D eigenvalue weighted by molar-refractivity contribution is 5.81. The van der Waals surface area contributed by atoms with Crippen molar-refractivity contribution in [3.8, 4) is 5.75 Å². The normalized spacial score (nSPS) is 21.6. The molecule has 2 saturated heterocycles. The average molecular weight is 654 g/mol. The lowest BCUT2D eigenvalue weighted by atomic mass is 9.87. The topological polar surface area (TPSA) is 109 Å². The van der Waals surface area contributed by atoms with E-state index in [2.05, 4.69) is 43.6 Å². The van der Waals surface area contributed by atoms with Crippen LogP contribution in [-0.4, -0.2) is 71.1 Å². The van der Waals surface area contributed by atoms with E-state index in [4.69, 9.17) is 15.5 Å². The fourth-order valence-corrected chi connectivity index (χ4v) is 7.83. The summed E-state index contributed by atoms with van der Waals surface area (Å²) in [4.78, 5) is 28.0. The van der Waals surface area contributed by atoms with Gasteiger partial charge in [0.25, 0.3) is 0 Å². The van der Waals surface area contributed by atoms with Gasteiger partial charge < -0.3 is 26.0 Å². The number of hydrogen-bond donors (Lipinski definition) is 3. The molecule has 9 heteroatoms. The van der Waals surface area contributed by atoms with E-state index in [0.717, 1.165) is 67.5 Å². The molecule has 1 saturated carbocycles. The number of rotatable bonds is 13. The van der Waals surface area contributed by atoms with Gasteiger partial charge in [0, 0.05) is 44.0 Å². The van der Waals surface area contributed by atoms with Crippen molar-refractivity contribution in [3.63, 3.8) is 0 Å². The average Bonchev–Trinajstić information content (AvgIpc) is 3.43. The molecule has 0 radical (unpaired) electrons. The van der Waals surface area contributed by atoms with Crippen LogP contribution in [0.5, 0.6) is 5.75 Å². The number of nitrogens with zero attached hydrogens (tertiary/aromatic N) is 4. The van der Waals surface area contributed by atoms with Gasteiger partial charge in [-0.15, -0.1) is 0 Å². The molecule has 3 aromatic rings. The maximum Gasteiger partial charge on any atom is 0.237 e. The summed E-state index contributed by atoms with van der Waals surface area (Å²) in [5.74, 6) is 2.46. The molecule has 1 aromatic heterocycles. The van der Waals surface area contributed by atoms with Crippen molar-refractivity contribution in [3.05, 3.63) is 78.0 Å². The highest BCUT2D eigenvalue weighted by atomic mass is 16.5. The van der Waals surface area contributed by atoms with Crippen LogP contribution in [0.3, 0.4) is 0 Å². The fraction of sp³-hybridized carbons (Fsp3) is 0.564. The first-order valence-electron chi connectivity index (χ1n) is 18.5. The van der Waals surface area contributed by atoms with Crippen LogP contribution in [0.15, 0.2) is 66.9 Å². The maximum absolute atomic E-state index is 13.2. The minimum Gasteiger partial charge on any atom is -0.489 e. The Balaban J connectivity index is 1.04. The summed E-state index contributed by atoms with van der Waals surface area (Å²) < 4.78 is 5.92. The Hall–Kier alpha value is -3.69. The number of benzene rings is 2. The number of anilines is 2. The molecule has 9 nitrogen and oxygen atoms in total. The molecule has 48 heavy (non-hydrogen) atoms. The van der Waals surface area contributed by atoms with Crippen LogP contribution >= 0.6 is 0 Å². The number of ether oxygens (including phenoxy) is 1. The quantitative estimate of drug-likeness (QED) is 0.204. The Labute approximate surface area is 287 Å². The van der Waals surface area contributed by atoms with Gasteiger partial charge in [-0.05, 0) is 87.2 Å². The Morgan fingerprint density at radius 2 is 1.60 bits per heavy atom. The molecule has 2 aliphatic heterocycles. The lowest BCUT2D eigenvalue weighted by Gasteiger charge is -2.47. The van der Waals surface area contributed by atoms with Crippen LogP contribution in [0.25, 0.3) is 0 Å². The van der Waals surface area contributed by atoms with Gasteiger partial charge in [0.15, 0.2) is 0 Å². The molecule has 0 bridgehead atoms. The molecule has 4 N–H and O–H groups in total. The van der Waals surface area contributed by atoms with Crippen LogP contribution in [0, 0.1) is 0 Å². The van der Waals surface area contributed by atoms with Gasteiger partial charge in [0.05, 0.1) is 6.04 Å². The first-order valence-corrected chi connectivity index (χ1v) is 18.5. The van der Waals surface area contributed by atoms with E-state index in [-0.39, 0.29) is 11.9 Å². The van der Waals surface area contributed by atoms with Crippen molar-refractivity contribution in [2.24, 2.45) is 5.73 Å². The summed E-state index contributed by atoms with van der Waals surface area (Å²) >= 11 is 0. The molecule has 3 atom stereocenters. The first kappa shape index (κ1) is 34.2. The number of hydrogen-bond acceptors (Lipinski definition) is 8. The Morgan fingerprint density at radius 3 is 2.38 bits per heavy atom. The number of nitrogens with one attached hydrogen (secondary N) is 2. The Bertz CT molecular complexity index is 1390. The molecule has 258 valence electrons. The zero-order chi connectivity index (χ0) is 33.0. The van der Waals surface area contributed by atoms with Crippen molar-refractivity contribution in [1.29, 1.82) is 0 Å². The van der Waals surface area contributed by atoms with Crippen molar-refractivity contribution in [1.82, 2.24) is 20.2 Å². The minimum absolute atomic E-state index is 0.0996. The third-order valence-corrected chi connectivity index (χ3v) is 10.5. The Kier molecular flexibility index (Phi) is 12.6. The van der Waals surface area contributed by atoms with E-state index in [1.165, 1.54) is 57.8 Å². The summed E-state index contributed by atoms with van der Waals surface area (Å²) in [6.07, 6.45) is 17.0. The van der Waals surface area contributed by atoms with Gasteiger partial charge >= 0.3 is 0 Å². The largest absolute Gasteiger partial charge is 0.489 e. The lowest BCUT2D eigenvalue weighted by molar-refractivity contribution is -0.122. The number of likely N-dealkylation sites (tertiary alicyclic amines) is 1. The van der Waals surface area contributed by atoms with Gasteiger partial charge in [-0.2, -0.15) is 4.98 Å². The number of amides is 1. The molecule has 2 aromatic carbocycles. The van der Waals surface area contributed by atoms with Crippen molar-refractivity contribution in [2.75, 3.05) is 36.4 Å². The SMILES string of the molecule is N[C@H](Cc1ccc(OCc2ccccc2)cc1)C(=O)NCCC1C(Nc2nccc(N3CCCCCC3)n2)CCCN1C1CCCCC1. The number of aromatic nitrogens is 2. The van der Waals surface area contributed by atoms with Crippen LogP contribution < -0.4 is 26.0 Å². The molecule has 2 unspecified atom stereocenters. The minimum atomic E-state index is -0.606. The molecule has 6 rings (SSSR count). The molecule has 0 spiro atoms. The van der Waals surface area contributed by atoms with Crippen LogP contribution in [0.1, 0.15) is 88.2 Å². The van der Waals surface area contributed by atoms with E-state index in [1.807, 2.05) is 48.7 Å². The Morgan fingerprint density at radius 1 is 0.854 bits per heavy atom. The van der Waals surface area contributed by atoms with Crippen molar-refractivity contribution in [2.45, 2.75) is 114 Å². The third-order valence-electron chi connectivity index (χ3n) is 10.5. The highest BCUT2D eigenvalue weighted by Gasteiger charge is 2.36. The number of piperidine rings is 1. The van der Waals surface area contributed by atoms with Crippen LogP contribution in [0.2, 0.25) is 0 Å². The highest BCUT2D eigenvalue weighted by Crippen LogP contribution is 2.31. The first-order chi connectivity index (χ1) is 23.6. The van der Waals surface area contributed by atoms with E-state index < -0.39 is 6.04 Å². The molecule has 1 aliphatic carbocycles. The zero-order valence-electron chi connectivity index (χ0n) is 28.6. The van der Waals surface area contributed by atoms with Crippen molar-refractivity contribution < 1.29 is 9.53 Å². The van der Waals surface area contributed by atoms with Gasteiger partial charge in [0.1, 0.15) is 18.2 Å². The van der Waals surface area contributed by atoms with Crippen molar-refractivity contribution >= 4 is 17.7 Å². The number of carbonyl (C=O) groups excluding carboxylic acids is 1. The van der Waals surface area contributed by atoms with Gasteiger partial charge in [-0.1, -0.05) is 74.6 Å². The molecule has 1 amide bonds. The summed E-state index contributed by atoms with van der Waals surface area (Å²) in [6.45, 7) is 4.36. The van der Waals surface area contributed by atoms with E-state index in [9.17, 15) is 4.79 Å². The van der Waals surface area contributed by atoms with E-state index in [1.54, 1.807) is 0 Å². The van der Waals surface area contributed by atoms with Gasteiger partial charge in [-0.25, -0.2) is 4.98 Å². The summed E-state index contributed by atoms with van der Waals surface area (Å²) in [7, 11) is 0. The van der Waals surface area contributed by atoms with Crippen LogP contribution in [0.4, 0.5) is 11.8 Å². The second-order valence-electron chi connectivity index (χ2n) is 13.9. The van der Waals surface area contributed by atoms with Crippen LogP contribution in [-0.2, 0) is 17.8 Å².